The van der Waals surface area contributed by atoms with Crippen LogP contribution >= 0.6 is 0 Å². The number of carbonyl (C=O) groups excluding carboxylic acids is 1. The first kappa shape index (κ1) is 14.2. The van der Waals surface area contributed by atoms with Gasteiger partial charge in [-0.05, 0) is 57.5 Å². The van der Waals surface area contributed by atoms with Crippen LogP contribution in [0.1, 0.15) is 38.7 Å². The van der Waals surface area contributed by atoms with Gasteiger partial charge in [0.05, 0.1) is 0 Å². The van der Waals surface area contributed by atoms with E-state index in [-0.39, 0.29) is 0 Å². The number of piperidine rings is 1. The SMILES string of the molecule is CC(C)(C)OC(=O)Nc1ccc2c(c1)C1CCNCC1N2. The summed E-state index contributed by atoms with van der Waals surface area (Å²) in [6.45, 7) is 7.62. The molecule has 0 aliphatic carbocycles. The van der Waals surface area contributed by atoms with Gasteiger partial charge in [0.2, 0.25) is 0 Å². The van der Waals surface area contributed by atoms with Crippen LogP contribution in [-0.4, -0.2) is 30.8 Å². The lowest BCUT2D eigenvalue weighted by Gasteiger charge is -2.26. The summed E-state index contributed by atoms with van der Waals surface area (Å²) in [7, 11) is 0. The first-order valence-electron chi connectivity index (χ1n) is 7.53. The smallest absolute Gasteiger partial charge is 0.412 e. The van der Waals surface area contributed by atoms with Crippen LogP contribution in [0, 0.1) is 0 Å². The van der Waals surface area contributed by atoms with Crippen LogP contribution in [0.15, 0.2) is 18.2 Å². The highest BCUT2D eigenvalue weighted by molar-refractivity contribution is 5.85. The fourth-order valence-corrected chi connectivity index (χ4v) is 3.08. The van der Waals surface area contributed by atoms with Crippen LogP contribution in [0.5, 0.6) is 0 Å². The Morgan fingerprint density at radius 3 is 2.95 bits per heavy atom. The van der Waals surface area contributed by atoms with Gasteiger partial charge >= 0.3 is 6.09 Å². The zero-order valence-electron chi connectivity index (χ0n) is 12.8. The van der Waals surface area contributed by atoms with E-state index in [1.807, 2.05) is 32.9 Å². The van der Waals surface area contributed by atoms with Crippen LogP contribution in [0.2, 0.25) is 0 Å². The number of rotatable bonds is 1. The number of amides is 1. The van der Waals surface area contributed by atoms with Crippen molar-refractivity contribution in [2.24, 2.45) is 0 Å². The molecule has 114 valence electrons. The van der Waals surface area contributed by atoms with Crippen molar-refractivity contribution >= 4 is 17.5 Å². The largest absolute Gasteiger partial charge is 0.444 e. The number of benzene rings is 1. The molecule has 0 radical (unpaired) electrons. The van der Waals surface area contributed by atoms with E-state index in [4.69, 9.17) is 4.74 Å². The summed E-state index contributed by atoms with van der Waals surface area (Å²) in [5.41, 5.74) is 2.80. The highest BCUT2D eigenvalue weighted by atomic mass is 16.6. The molecule has 2 aliphatic rings. The minimum absolute atomic E-state index is 0.407. The number of ether oxygens (including phenoxy) is 1. The Morgan fingerprint density at radius 2 is 2.19 bits per heavy atom. The molecule has 1 aromatic carbocycles. The highest BCUT2D eigenvalue weighted by Crippen LogP contribution is 2.40. The summed E-state index contributed by atoms with van der Waals surface area (Å²) in [6.07, 6.45) is 0.718. The number of carbonyl (C=O) groups is 1. The highest BCUT2D eigenvalue weighted by Gasteiger charge is 2.34. The first-order valence-corrected chi connectivity index (χ1v) is 7.53. The van der Waals surface area contributed by atoms with Gasteiger partial charge in [0, 0.05) is 29.9 Å². The van der Waals surface area contributed by atoms with Gasteiger partial charge < -0.3 is 15.4 Å². The number of hydrogen-bond acceptors (Lipinski definition) is 4. The molecule has 21 heavy (non-hydrogen) atoms. The molecular formula is C16H23N3O2. The van der Waals surface area contributed by atoms with Gasteiger partial charge in [-0.1, -0.05) is 0 Å². The van der Waals surface area contributed by atoms with Gasteiger partial charge in [-0.3, -0.25) is 5.32 Å². The minimum Gasteiger partial charge on any atom is -0.444 e. The lowest BCUT2D eigenvalue weighted by Crippen LogP contribution is -2.40. The maximum Gasteiger partial charge on any atom is 0.412 e. The zero-order valence-corrected chi connectivity index (χ0v) is 12.8. The van der Waals surface area contributed by atoms with Crippen molar-refractivity contribution in [3.05, 3.63) is 23.8 Å². The summed E-state index contributed by atoms with van der Waals surface area (Å²) >= 11 is 0. The second kappa shape index (κ2) is 5.22. The average Bonchev–Trinajstić information content (AvgIpc) is 2.74. The summed E-state index contributed by atoms with van der Waals surface area (Å²) in [5, 5.41) is 9.78. The van der Waals surface area contributed by atoms with Crippen molar-refractivity contribution in [1.82, 2.24) is 5.32 Å². The van der Waals surface area contributed by atoms with Gasteiger partial charge in [0.25, 0.3) is 0 Å². The molecule has 0 aromatic heterocycles. The Labute approximate surface area is 125 Å². The third kappa shape index (κ3) is 3.13. The van der Waals surface area contributed by atoms with Crippen LogP contribution in [-0.2, 0) is 4.74 Å². The fourth-order valence-electron chi connectivity index (χ4n) is 3.08. The van der Waals surface area contributed by atoms with E-state index in [9.17, 15) is 4.79 Å². The van der Waals surface area contributed by atoms with Crippen molar-refractivity contribution in [2.75, 3.05) is 23.7 Å². The zero-order chi connectivity index (χ0) is 15.0. The molecular weight excluding hydrogens is 266 g/mol. The molecule has 1 amide bonds. The van der Waals surface area contributed by atoms with Gasteiger partial charge in [0.1, 0.15) is 5.60 Å². The van der Waals surface area contributed by atoms with Crippen molar-refractivity contribution < 1.29 is 9.53 Å². The molecule has 0 spiro atoms. The number of nitrogens with one attached hydrogen (secondary N) is 3. The third-order valence-electron chi connectivity index (χ3n) is 3.92. The molecule has 2 atom stereocenters. The molecule has 2 unspecified atom stereocenters. The molecule has 3 N–H and O–H groups in total. The van der Waals surface area contributed by atoms with E-state index in [1.54, 1.807) is 0 Å². The molecule has 2 aliphatic heterocycles. The molecule has 1 fully saturated rings. The Kier molecular flexibility index (Phi) is 3.53. The van der Waals surface area contributed by atoms with E-state index >= 15 is 0 Å². The molecule has 2 heterocycles. The number of hydrogen-bond donors (Lipinski definition) is 3. The molecule has 5 nitrogen and oxygen atoms in total. The van der Waals surface area contributed by atoms with Gasteiger partial charge in [-0.25, -0.2) is 4.79 Å². The molecule has 1 aromatic rings. The molecule has 0 bridgehead atoms. The van der Waals surface area contributed by atoms with E-state index < -0.39 is 11.7 Å². The van der Waals surface area contributed by atoms with Crippen LogP contribution in [0.25, 0.3) is 0 Å². The van der Waals surface area contributed by atoms with Crippen LogP contribution in [0.3, 0.4) is 0 Å². The van der Waals surface area contributed by atoms with Gasteiger partial charge in [0.15, 0.2) is 0 Å². The molecule has 0 saturated carbocycles. The van der Waals surface area contributed by atoms with Crippen LogP contribution in [0.4, 0.5) is 16.2 Å². The van der Waals surface area contributed by atoms with Crippen molar-refractivity contribution in [1.29, 1.82) is 0 Å². The topological polar surface area (TPSA) is 62.4 Å². The van der Waals surface area contributed by atoms with Gasteiger partial charge in [-0.2, -0.15) is 0 Å². The van der Waals surface area contributed by atoms with Crippen molar-refractivity contribution in [3.63, 3.8) is 0 Å². The lowest BCUT2D eigenvalue weighted by atomic mass is 9.89. The normalized spacial score (nSPS) is 23.8. The number of anilines is 2. The molecule has 1 saturated heterocycles. The standard InChI is InChI=1S/C16H23N3O2/c1-16(2,3)21-15(20)18-10-4-5-13-12(8-10)11-6-7-17-9-14(11)19-13/h4-5,8,11,14,17,19H,6-7,9H2,1-3H3,(H,18,20). The Morgan fingerprint density at radius 1 is 1.38 bits per heavy atom. The average molecular weight is 289 g/mol. The van der Waals surface area contributed by atoms with Crippen molar-refractivity contribution in [2.45, 2.75) is 44.8 Å². The predicted octanol–water partition coefficient (Wildman–Crippen LogP) is 2.90. The van der Waals surface area contributed by atoms with Crippen molar-refractivity contribution in [3.8, 4) is 0 Å². The molecule has 3 rings (SSSR count). The second-order valence-electron chi connectivity index (χ2n) is 6.78. The summed E-state index contributed by atoms with van der Waals surface area (Å²) < 4.78 is 5.29. The monoisotopic (exact) mass is 289 g/mol. The quantitative estimate of drug-likeness (QED) is 0.744. The van der Waals surface area contributed by atoms with E-state index in [0.29, 0.717) is 12.0 Å². The van der Waals surface area contributed by atoms with E-state index in [1.165, 1.54) is 11.3 Å². The predicted molar refractivity (Wildman–Crippen MR) is 83.9 cm³/mol. The van der Waals surface area contributed by atoms with E-state index in [0.717, 1.165) is 25.2 Å². The summed E-state index contributed by atoms with van der Waals surface area (Å²) in [4.78, 5) is 11.9. The van der Waals surface area contributed by atoms with Gasteiger partial charge in [-0.15, -0.1) is 0 Å². The summed E-state index contributed by atoms with van der Waals surface area (Å²) in [6, 6.07) is 6.49. The minimum atomic E-state index is -0.484. The molecule has 5 heteroatoms. The van der Waals surface area contributed by atoms with Crippen LogP contribution < -0.4 is 16.0 Å². The second-order valence-corrected chi connectivity index (χ2v) is 6.78. The number of fused-ring (bicyclic) bond motifs is 3. The maximum atomic E-state index is 11.9. The fraction of sp³-hybridized carbons (Fsp3) is 0.562. The lowest BCUT2D eigenvalue weighted by molar-refractivity contribution is 0.0636. The Bertz CT molecular complexity index is 551. The summed E-state index contributed by atoms with van der Waals surface area (Å²) in [5.74, 6) is 0.529. The van der Waals surface area contributed by atoms with E-state index in [2.05, 4.69) is 22.0 Å². The first-order chi connectivity index (χ1) is 9.92. The third-order valence-corrected chi connectivity index (χ3v) is 3.92. The Balaban J connectivity index is 1.73. The Hall–Kier alpha value is -1.75. The maximum absolute atomic E-state index is 11.9.